The van der Waals surface area contributed by atoms with Gasteiger partial charge >= 0.3 is 0 Å². The number of carbonyl (C=O) groups excluding carboxylic acids is 1. The first-order valence-corrected chi connectivity index (χ1v) is 6.65. The Morgan fingerprint density at radius 1 is 1.21 bits per heavy atom. The number of nitrogen functional groups attached to an aromatic ring is 1. The van der Waals surface area contributed by atoms with Crippen molar-refractivity contribution < 1.29 is 4.79 Å². The van der Waals surface area contributed by atoms with Crippen molar-refractivity contribution >= 4 is 22.5 Å². The van der Waals surface area contributed by atoms with Gasteiger partial charge in [0.2, 0.25) is 5.91 Å². The fourth-order valence-corrected chi connectivity index (χ4v) is 2.89. The predicted octanol–water partition coefficient (Wildman–Crippen LogP) is 2.57. The number of fused-ring (bicyclic) bond motifs is 1. The summed E-state index contributed by atoms with van der Waals surface area (Å²) in [6.07, 6.45) is 4.85. The molecule has 4 nitrogen and oxygen atoms in total. The lowest BCUT2D eigenvalue weighted by Crippen LogP contribution is -2.10. The van der Waals surface area contributed by atoms with Gasteiger partial charge in [0.1, 0.15) is 0 Å². The van der Waals surface area contributed by atoms with Crippen molar-refractivity contribution in [3.05, 3.63) is 35.5 Å². The van der Waals surface area contributed by atoms with Gasteiger partial charge in [-0.1, -0.05) is 12.8 Å². The molecule has 1 aliphatic carbocycles. The van der Waals surface area contributed by atoms with Crippen molar-refractivity contribution in [1.82, 2.24) is 4.98 Å². The number of hydrogen-bond donors (Lipinski definition) is 2. The summed E-state index contributed by atoms with van der Waals surface area (Å²) in [5, 5.41) is 0.871. The molecular formula is C15H17N3O. The molecule has 98 valence electrons. The topological polar surface area (TPSA) is 82.0 Å². The quantitative estimate of drug-likeness (QED) is 0.865. The van der Waals surface area contributed by atoms with Crippen LogP contribution in [0.3, 0.4) is 0 Å². The summed E-state index contributed by atoms with van der Waals surface area (Å²) in [7, 11) is 0. The van der Waals surface area contributed by atoms with E-state index in [0.29, 0.717) is 11.5 Å². The number of hydrogen-bond acceptors (Lipinski definition) is 3. The van der Waals surface area contributed by atoms with E-state index < -0.39 is 5.91 Å². The number of carbonyl (C=O) groups is 1. The lowest BCUT2D eigenvalue weighted by Gasteiger charge is -2.13. The Balaban J connectivity index is 2.10. The second-order valence-corrected chi connectivity index (χ2v) is 5.22. The van der Waals surface area contributed by atoms with E-state index in [-0.39, 0.29) is 0 Å². The van der Waals surface area contributed by atoms with Gasteiger partial charge in [-0.3, -0.25) is 9.78 Å². The minimum absolute atomic E-state index is 0.430. The summed E-state index contributed by atoms with van der Waals surface area (Å²) in [6.45, 7) is 0. The van der Waals surface area contributed by atoms with E-state index in [9.17, 15) is 4.79 Å². The molecule has 0 bridgehead atoms. The van der Waals surface area contributed by atoms with E-state index in [1.54, 1.807) is 12.1 Å². The van der Waals surface area contributed by atoms with Crippen LogP contribution in [0, 0.1) is 0 Å². The van der Waals surface area contributed by atoms with Crippen molar-refractivity contribution in [2.24, 2.45) is 5.73 Å². The molecule has 19 heavy (non-hydrogen) atoms. The van der Waals surface area contributed by atoms with Crippen LogP contribution >= 0.6 is 0 Å². The Morgan fingerprint density at radius 3 is 2.63 bits per heavy atom. The number of rotatable bonds is 2. The second kappa shape index (κ2) is 4.53. The predicted molar refractivity (Wildman–Crippen MR) is 75.9 cm³/mol. The highest BCUT2D eigenvalue weighted by atomic mass is 16.1. The molecule has 1 aromatic carbocycles. The largest absolute Gasteiger partial charge is 0.397 e. The maximum Gasteiger partial charge on any atom is 0.248 e. The number of benzene rings is 1. The monoisotopic (exact) mass is 255 g/mol. The minimum atomic E-state index is -0.430. The summed E-state index contributed by atoms with van der Waals surface area (Å²) in [5.41, 5.74) is 14.5. The van der Waals surface area contributed by atoms with Gasteiger partial charge in [0.25, 0.3) is 0 Å². The highest BCUT2D eigenvalue weighted by molar-refractivity contribution is 5.97. The van der Waals surface area contributed by atoms with Crippen LogP contribution < -0.4 is 11.5 Å². The number of aromatic nitrogens is 1. The van der Waals surface area contributed by atoms with Gasteiger partial charge in [0.05, 0.1) is 16.9 Å². The molecule has 0 unspecified atom stereocenters. The van der Waals surface area contributed by atoms with Crippen molar-refractivity contribution in [2.45, 2.75) is 31.6 Å². The molecule has 4 N–H and O–H groups in total. The molecular weight excluding hydrogens is 238 g/mol. The highest BCUT2D eigenvalue weighted by Crippen LogP contribution is 2.36. The zero-order valence-corrected chi connectivity index (χ0v) is 10.7. The van der Waals surface area contributed by atoms with Gasteiger partial charge in [0.15, 0.2) is 0 Å². The lowest BCUT2D eigenvalue weighted by molar-refractivity contribution is 0.100. The first kappa shape index (κ1) is 12.0. The first-order chi connectivity index (χ1) is 9.15. The van der Waals surface area contributed by atoms with E-state index >= 15 is 0 Å². The molecule has 0 spiro atoms. The fourth-order valence-electron chi connectivity index (χ4n) is 2.89. The number of amides is 1. The molecule has 4 heteroatoms. The van der Waals surface area contributed by atoms with E-state index in [1.807, 2.05) is 12.1 Å². The third-order valence-corrected chi connectivity index (χ3v) is 3.90. The van der Waals surface area contributed by atoms with Gasteiger partial charge in [-0.15, -0.1) is 0 Å². The van der Waals surface area contributed by atoms with Crippen LogP contribution in [0.5, 0.6) is 0 Å². The fraction of sp³-hybridized carbons (Fsp3) is 0.333. The van der Waals surface area contributed by atoms with E-state index in [1.165, 1.54) is 25.7 Å². The smallest absolute Gasteiger partial charge is 0.248 e. The molecule has 0 aliphatic heterocycles. The zero-order chi connectivity index (χ0) is 13.4. The zero-order valence-electron chi connectivity index (χ0n) is 10.7. The number of primary amides is 1. The van der Waals surface area contributed by atoms with Gasteiger partial charge in [-0.25, -0.2) is 0 Å². The van der Waals surface area contributed by atoms with Crippen LogP contribution in [0.4, 0.5) is 5.69 Å². The van der Waals surface area contributed by atoms with E-state index in [0.717, 1.165) is 22.3 Å². The Hall–Kier alpha value is -2.10. The normalized spacial score (nSPS) is 16.0. The van der Waals surface area contributed by atoms with Crippen LogP contribution in [0.1, 0.15) is 47.7 Å². The minimum Gasteiger partial charge on any atom is -0.397 e. The average molecular weight is 255 g/mol. The molecule has 1 saturated carbocycles. The van der Waals surface area contributed by atoms with E-state index in [4.69, 9.17) is 11.5 Å². The number of nitrogens with two attached hydrogens (primary N) is 2. The molecule has 1 fully saturated rings. The molecule has 0 saturated heterocycles. The molecule has 2 aromatic rings. The molecule has 0 atom stereocenters. The molecule has 1 aliphatic rings. The molecule has 3 rings (SSSR count). The van der Waals surface area contributed by atoms with Crippen LogP contribution in [0.2, 0.25) is 0 Å². The Labute approximate surface area is 111 Å². The molecule has 1 aromatic heterocycles. The van der Waals surface area contributed by atoms with Gasteiger partial charge in [-0.2, -0.15) is 0 Å². The summed E-state index contributed by atoms with van der Waals surface area (Å²) in [4.78, 5) is 15.9. The van der Waals surface area contributed by atoms with Crippen LogP contribution in [0.15, 0.2) is 24.3 Å². The Kier molecular flexibility index (Phi) is 2.85. The lowest BCUT2D eigenvalue weighted by atomic mass is 10.00. The molecule has 1 amide bonds. The third-order valence-electron chi connectivity index (χ3n) is 3.90. The Bertz CT molecular complexity index is 645. The SMILES string of the molecule is NC(=O)c1ccc2nc(C3CCCC3)c(N)cc2c1. The van der Waals surface area contributed by atoms with E-state index in [2.05, 4.69) is 4.98 Å². The maximum absolute atomic E-state index is 11.2. The molecule has 0 radical (unpaired) electrons. The van der Waals surface area contributed by atoms with Crippen LogP contribution in [-0.2, 0) is 0 Å². The maximum atomic E-state index is 11.2. The van der Waals surface area contributed by atoms with Crippen LogP contribution in [-0.4, -0.2) is 10.9 Å². The molecule has 1 heterocycles. The average Bonchev–Trinajstić information content (AvgIpc) is 2.90. The Morgan fingerprint density at radius 2 is 1.95 bits per heavy atom. The van der Waals surface area contributed by atoms with Crippen LogP contribution in [0.25, 0.3) is 10.9 Å². The van der Waals surface area contributed by atoms with Gasteiger partial charge in [-0.05, 0) is 37.1 Å². The summed E-state index contributed by atoms with van der Waals surface area (Å²) in [6, 6.07) is 7.21. The van der Waals surface area contributed by atoms with Gasteiger partial charge < -0.3 is 11.5 Å². The van der Waals surface area contributed by atoms with Crippen molar-refractivity contribution in [3.8, 4) is 0 Å². The third kappa shape index (κ3) is 2.14. The van der Waals surface area contributed by atoms with Crippen molar-refractivity contribution in [1.29, 1.82) is 0 Å². The second-order valence-electron chi connectivity index (χ2n) is 5.22. The number of pyridine rings is 1. The summed E-state index contributed by atoms with van der Waals surface area (Å²) in [5.74, 6) is 0.0561. The van der Waals surface area contributed by atoms with Crippen molar-refractivity contribution in [3.63, 3.8) is 0 Å². The van der Waals surface area contributed by atoms with Crippen molar-refractivity contribution in [2.75, 3.05) is 5.73 Å². The highest BCUT2D eigenvalue weighted by Gasteiger charge is 2.21. The standard InChI is InChI=1S/C15H17N3O/c16-12-8-11-7-10(15(17)19)5-6-13(11)18-14(12)9-3-1-2-4-9/h5-9H,1-4,16H2,(H2,17,19). The number of nitrogens with zero attached hydrogens (tertiary/aromatic N) is 1. The van der Waals surface area contributed by atoms with Gasteiger partial charge in [0, 0.05) is 16.9 Å². The first-order valence-electron chi connectivity index (χ1n) is 6.65. The number of anilines is 1. The summed E-state index contributed by atoms with van der Waals surface area (Å²) < 4.78 is 0. The summed E-state index contributed by atoms with van der Waals surface area (Å²) >= 11 is 0.